The second-order valence-electron chi connectivity index (χ2n) is 7.21. The summed E-state index contributed by atoms with van der Waals surface area (Å²) in [5.41, 5.74) is 3.91. The average molecular weight is 416 g/mol. The maximum atomic E-state index is 12.6. The Kier molecular flexibility index (Phi) is 7.17. The highest BCUT2D eigenvalue weighted by atomic mass is 16.5. The maximum Gasteiger partial charge on any atom is 0.338 e. The smallest absolute Gasteiger partial charge is 0.338 e. The number of nitrogens with one attached hydrogen (secondary N) is 2. The third-order valence-corrected chi connectivity index (χ3v) is 4.53. The Morgan fingerprint density at radius 1 is 0.839 bits per heavy atom. The molecule has 0 atom stereocenters. The molecule has 0 spiro atoms. The average Bonchev–Trinajstić information content (AvgIpc) is 2.76. The van der Waals surface area contributed by atoms with E-state index < -0.39 is 18.5 Å². The lowest BCUT2D eigenvalue weighted by Crippen LogP contribution is -2.26. The Labute approximate surface area is 181 Å². The minimum atomic E-state index is -0.573. The summed E-state index contributed by atoms with van der Waals surface area (Å²) in [6, 6.07) is 21.6. The van der Waals surface area contributed by atoms with Crippen LogP contribution >= 0.6 is 0 Å². The van der Waals surface area contributed by atoms with Gasteiger partial charge in [0.25, 0.3) is 11.8 Å². The standard InChI is InChI=1S/C25H24N2O4/c1-17-12-18(2)14-20(13-17)25(30)31-16-23(28)27-22-11-7-6-10-21(22)24(29)26-15-19-8-4-3-5-9-19/h3-14H,15-16H2,1-2H3,(H,26,29)(H,27,28). The lowest BCUT2D eigenvalue weighted by Gasteiger charge is -2.12. The highest BCUT2D eigenvalue weighted by molar-refractivity contribution is 6.04. The number of ether oxygens (including phenoxy) is 1. The second kappa shape index (κ2) is 10.2. The number of rotatable bonds is 7. The van der Waals surface area contributed by atoms with E-state index >= 15 is 0 Å². The van der Waals surface area contributed by atoms with E-state index in [0.717, 1.165) is 16.7 Å². The third-order valence-electron chi connectivity index (χ3n) is 4.53. The monoisotopic (exact) mass is 416 g/mol. The van der Waals surface area contributed by atoms with E-state index in [4.69, 9.17) is 4.74 Å². The van der Waals surface area contributed by atoms with Crippen LogP contribution in [-0.2, 0) is 16.1 Å². The first-order chi connectivity index (χ1) is 14.9. The van der Waals surface area contributed by atoms with Gasteiger partial charge in [0.1, 0.15) is 0 Å². The van der Waals surface area contributed by atoms with Crippen molar-refractivity contribution in [2.24, 2.45) is 0 Å². The van der Waals surface area contributed by atoms with Gasteiger partial charge < -0.3 is 15.4 Å². The highest BCUT2D eigenvalue weighted by Gasteiger charge is 2.15. The zero-order chi connectivity index (χ0) is 22.2. The molecule has 3 aromatic rings. The Morgan fingerprint density at radius 3 is 2.19 bits per heavy atom. The number of carbonyl (C=O) groups excluding carboxylic acids is 3. The number of carbonyl (C=O) groups is 3. The van der Waals surface area contributed by atoms with Crippen LogP contribution in [0.4, 0.5) is 5.69 Å². The van der Waals surface area contributed by atoms with Gasteiger partial charge in [-0.3, -0.25) is 9.59 Å². The van der Waals surface area contributed by atoms with E-state index in [1.54, 1.807) is 36.4 Å². The zero-order valence-electron chi connectivity index (χ0n) is 17.5. The van der Waals surface area contributed by atoms with Gasteiger partial charge in [0.2, 0.25) is 0 Å². The number of para-hydroxylation sites is 1. The van der Waals surface area contributed by atoms with Crippen LogP contribution in [0, 0.1) is 13.8 Å². The van der Waals surface area contributed by atoms with Crippen molar-refractivity contribution in [1.29, 1.82) is 0 Å². The van der Waals surface area contributed by atoms with Gasteiger partial charge in [0.05, 0.1) is 16.8 Å². The third kappa shape index (κ3) is 6.27. The molecular weight excluding hydrogens is 392 g/mol. The van der Waals surface area contributed by atoms with Gasteiger partial charge in [-0.05, 0) is 43.7 Å². The van der Waals surface area contributed by atoms with Crippen LogP contribution in [0.1, 0.15) is 37.4 Å². The minimum Gasteiger partial charge on any atom is -0.452 e. The van der Waals surface area contributed by atoms with E-state index in [1.807, 2.05) is 50.2 Å². The summed E-state index contributed by atoms with van der Waals surface area (Å²) in [5, 5.41) is 5.48. The summed E-state index contributed by atoms with van der Waals surface area (Å²) < 4.78 is 5.13. The quantitative estimate of drug-likeness (QED) is 0.570. The van der Waals surface area contributed by atoms with Crippen LogP contribution in [0.25, 0.3) is 0 Å². The maximum absolute atomic E-state index is 12.6. The first kappa shape index (κ1) is 21.8. The Bertz CT molecular complexity index is 1070. The molecule has 0 radical (unpaired) electrons. The SMILES string of the molecule is Cc1cc(C)cc(C(=O)OCC(=O)Nc2ccccc2C(=O)NCc2ccccc2)c1. The Balaban J connectivity index is 1.58. The number of aryl methyl sites for hydroxylation is 2. The zero-order valence-corrected chi connectivity index (χ0v) is 17.5. The normalized spacial score (nSPS) is 10.3. The van der Waals surface area contributed by atoms with E-state index in [0.29, 0.717) is 23.4 Å². The van der Waals surface area contributed by atoms with Crippen LogP contribution in [0.5, 0.6) is 0 Å². The number of anilines is 1. The summed E-state index contributed by atoms with van der Waals surface area (Å²) in [6.07, 6.45) is 0. The molecule has 6 nitrogen and oxygen atoms in total. The van der Waals surface area contributed by atoms with Gasteiger partial charge in [0, 0.05) is 6.54 Å². The number of benzene rings is 3. The molecule has 2 amide bonds. The lowest BCUT2D eigenvalue weighted by atomic mass is 10.1. The van der Waals surface area contributed by atoms with Crippen molar-refractivity contribution in [3.05, 3.63) is 101 Å². The van der Waals surface area contributed by atoms with Crippen LogP contribution in [0.3, 0.4) is 0 Å². The largest absolute Gasteiger partial charge is 0.452 e. The minimum absolute atomic E-state index is 0.313. The molecule has 6 heteroatoms. The molecule has 0 saturated carbocycles. The van der Waals surface area contributed by atoms with Crippen molar-refractivity contribution in [3.63, 3.8) is 0 Å². The summed E-state index contributed by atoms with van der Waals surface area (Å²) in [7, 11) is 0. The van der Waals surface area contributed by atoms with E-state index in [1.165, 1.54) is 0 Å². The molecular formula is C25H24N2O4. The molecule has 158 valence electrons. The highest BCUT2D eigenvalue weighted by Crippen LogP contribution is 2.16. The molecule has 3 aromatic carbocycles. The van der Waals surface area contributed by atoms with Crippen LogP contribution in [0.2, 0.25) is 0 Å². The fourth-order valence-corrected chi connectivity index (χ4v) is 3.16. The molecule has 0 saturated heterocycles. The van der Waals surface area contributed by atoms with Crippen molar-refractivity contribution in [3.8, 4) is 0 Å². The summed E-state index contributed by atoms with van der Waals surface area (Å²) in [4.78, 5) is 37.1. The number of amides is 2. The first-order valence-electron chi connectivity index (χ1n) is 9.89. The first-order valence-corrected chi connectivity index (χ1v) is 9.89. The van der Waals surface area contributed by atoms with Crippen LogP contribution in [0.15, 0.2) is 72.8 Å². The molecule has 0 bridgehead atoms. The van der Waals surface area contributed by atoms with Crippen molar-refractivity contribution >= 4 is 23.5 Å². The van der Waals surface area contributed by atoms with Crippen LogP contribution < -0.4 is 10.6 Å². The Morgan fingerprint density at radius 2 is 1.48 bits per heavy atom. The molecule has 0 aliphatic carbocycles. The molecule has 0 heterocycles. The van der Waals surface area contributed by atoms with Gasteiger partial charge in [-0.1, -0.05) is 59.7 Å². The van der Waals surface area contributed by atoms with Gasteiger partial charge in [0.15, 0.2) is 6.61 Å². The molecule has 0 aliphatic rings. The molecule has 0 fully saturated rings. The van der Waals surface area contributed by atoms with Crippen molar-refractivity contribution in [2.75, 3.05) is 11.9 Å². The van der Waals surface area contributed by atoms with Gasteiger partial charge >= 0.3 is 5.97 Å². The second-order valence-corrected chi connectivity index (χ2v) is 7.21. The fourth-order valence-electron chi connectivity index (χ4n) is 3.16. The van der Waals surface area contributed by atoms with E-state index in [9.17, 15) is 14.4 Å². The number of hydrogen-bond donors (Lipinski definition) is 2. The van der Waals surface area contributed by atoms with Gasteiger partial charge in [-0.15, -0.1) is 0 Å². The molecule has 0 aliphatic heterocycles. The lowest BCUT2D eigenvalue weighted by molar-refractivity contribution is -0.119. The predicted octanol–water partition coefficient (Wildman–Crippen LogP) is 4.03. The molecule has 31 heavy (non-hydrogen) atoms. The molecule has 3 rings (SSSR count). The van der Waals surface area contributed by atoms with Gasteiger partial charge in [-0.2, -0.15) is 0 Å². The van der Waals surface area contributed by atoms with Crippen molar-refractivity contribution in [1.82, 2.24) is 5.32 Å². The summed E-state index contributed by atoms with van der Waals surface area (Å²) in [6.45, 7) is 3.69. The van der Waals surface area contributed by atoms with Crippen LogP contribution in [-0.4, -0.2) is 24.4 Å². The number of esters is 1. The molecule has 2 N–H and O–H groups in total. The predicted molar refractivity (Wildman–Crippen MR) is 119 cm³/mol. The molecule has 0 unspecified atom stereocenters. The number of hydrogen-bond acceptors (Lipinski definition) is 4. The topological polar surface area (TPSA) is 84.5 Å². The van der Waals surface area contributed by atoms with Crippen molar-refractivity contribution < 1.29 is 19.1 Å². The summed E-state index contributed by atoms with van der Waals surface area (Å²) >= 11 is 0. The van der Waals surface area contributed by atoms with Crippen molar-refractivity contribution in [2.45, 2.75) is 20.4 Å². The fraction of sp³-hybridized carbons (Fsp3) is 0.160. The van der Waals surface area contributed by atoms with E-state index in [-0.39, 0.29) is 5.91 Å². The van der Waals surface area contributed by atoms with Gasteiger partial charge in [-0.25, -0.2) is 4.79 Å². The molecule has 0 aromatic heterocycles. The van der Waals surface area contributed by atoms with E-state index in [2.05, 4.69) is 10.6 Å². The Hall–Kier alpha value is -3.93. The summed E-state index contributed by atoms with van der Waals surface area (Å²) in [5.74, 6) is -1.41.